The number of nitrogens with one attached hydrogen (secondary N) is 2. The number of rotatable bonds is 7. The molecule has 0 saturated heterocycles. The summed E-state index contributed by atoms with van der Waals surface area (Å²) in [4.78, 5) is 11.6. The van der Waals surface area contributed by atoms with Crippen LogP contribution in [0.5, 0.6) is 0 Å². The maximum atomic E-state index is 11.6. The van der Waals surface area contributed by atoms with Gasteiger partial charge in [0.1, 0.15) is 0 Å². The fourth-order valence-electron chi connectivity index (χ4n) is 2.37. The summed E-state index contributed by atoms with van der Waals surface area (Å²) in [6, 6.07) is -0.220. The van der Waals surface area contributed by atoms with E-state index in [0.29, 0.717) is 13.1 Å². The summed E-state index contributed by atoms with van der Waals surface area (Å²) in [5, 5.41) is 24.7. The third-order valence-electron chi connectivity index (χ3n) is 3.86. The van der Waals surface area contributed by atoms with Crippen LogP contribution >= 0.6 is 0 Å². The van der Waals surface area contributed by atoms with Crippen molar-refractivity contribution in [2.24, 2.45) is 5.41 Å². The van der Waals surface area contributed by atoms with Gasteiger partial charge in [-0.3, -0.25) is 0 Å². The Morgan fingerprint density at radius 1 is 1.26 bits per heavy atom. The lowest BCUT2D eigenvalue weighted by molar-refractivity contribution is 0.0501. The molecule has 0 atom stereocenters. The molecule has 0 aromatic rings. The average Bonchev–Trinajstić information content (AvgIpc) is 2.80. The lowest BCUT2D eigenvalue weighted by Gasteiger charge is -2.23. The molecular formula is C14H28N2O3. The molecule has 4 N–H and O–H groups in total. The van der Waals surface area contributed by atoms with Crippen LogP contribution in [-0.2, 0) is 0 Å². The Labute approximate surface area is 115 Å². The zero-order valence-corrected chi connectivity index (χ0v) is 12.2. The van der Waals surface area contributed by atoms with Crippen LogP contribution in [0, 0.1) is 5.41 Å². The Balaban J connectivity index is 2.08. The normalized spacial score (nSPS) is 18.3. The third-order valence-corrected chi connectivity index (χ3v) is 3.86. The number of hydrogen-bond donors (Lipinski definition) is 4. The molecule has 0 bridgehead atoms. The van der Waals surface area contributed by atoms with E-state index in [1.807, 2.05) is 13.8 Å². The van der Waals surface area contributed by atoms with E-state index in [0.717, 1.165) is 38.5 Å². The first-order chi connectivity index (χ1) is 8.87. The van der Waals surface area contributed by atoms with Crippen molar-refractivity contribution in [1.29, 1.82) is 0 Å². The van der Waals surface area contributed by atoms with E-state index in [4.69, 9.17) is 5.11 Å². The van der Waals surface area contributed by atoms with Gasteiger partial charge in [0.05, 0.1) is 5.60 Å². The molecule has 1 fully saturated rings. The van der Waals surface area contributed by atoms with Gasteiger partial charge in [-0.2, -0.15) is 0 Å². The largest absolute Gasteiger partial charge is 0.396 e. The number of carbonyl (C=O) groups is 1. The number of urea groups is 1. The fraction of sp³-hybridized carbons (Fsp3) is 0.929. The number of aliphatic hydroxyl groups is 2. The minimum Gasteiger partial charge on any atom is -0.396 e. The predicted octanol–water partition coefficient (Wildman–Crippen LogP) is 1.39. The summed E-state index contributed by atoms with van der Waals surface area (Å²) in [5.74, 6) is 0. The van der Waals surface area contributed by atoms with Crippen molar-refractivity contribution in [3.05, 3.63) is 0 Å². The van der Waals surface area contributed by atoms with Crippen LogP contribution in [-0.4, -0.2) is 41.5 Å². The monoisotopic (exact) mass is 272 g/mol. The third kappa shape index (κ3) is 6.25. The second-order valence-corrected chi connectivity index (χ2v) is 6.47. The van der Waals surface area contributed by atoms with Crippen LogP contribution in [0.3, 0.4) is 0 Å². The van der Waals surface area contributed by atoms with E-state index in [1.165, 1.54) is 0 Å². The molecule has 0 heterocycles. The topological polar surface area (TPSA) is 81.6 Å². The second kappa shape index (κ2) is 7.10. The van der Waals surface area contributed by atoms with Gasteiger partial charge in [-0.1, -0.05) is 26.7 Å². The number of carbonyl (C=O) groups excluding carboxylic acids is 1. The van der Waals surface area contributed by atoms with Gasteiger partial charge in [0, 0.05) is 19.7 Å². The van der Waals surface area contributed by atoms with E-state index in [2.05, 4.69) is 10.6 Å². The van der Waals surface area contributed by atoms with Gasteiger partial charge in [-0.25, -0.2) is 4.79 Å². The van der Waals surface area contributed by atoms with E-state index in [9.17, 15) is 9.90 Å². The number of amides is 2. The minimum atomic E-state index is -0.698. The zero-order valence-electron chi connectivity index (χ0n) is 12.2. The minimum absolute atomic E-state index is 0.0862. The van der Waals surface area contributed by atoms with Crippen LogP contribution in [0.25, 0.3) is 0 Å². The molecule has 5 nitrogen and oxygen atoms in total. The molecule has 0 radical (unpaired) electrons. The Hall–Kier alpha value is -0.810. The quantitative estimate of drug-likeness (QED) is 0.529. The molecule has 1 aliphatic carbocycles. The van der Waals surface area contributed by atoms with Gasteiger partial charge in [0.25, 0.3) is 0 Å². The van der Waals surface area contributed by atoms with Crippen molar-refractivity contribution in [1.82, 2.24) is 10.6 Å². The van der Waals surface area contributed by atoms with Crippen LogP contribution in [0.2, 0.25) is 0 Å². The van der Waals surface area contributed by atoms with E-state index in [-0.39, 0.29) is 18.1 Å². The molecule has 0 aromatic carbocycles. The molecule has 0 aromatic heterocycles. The van der Waals surface area contributed by atoms with Crippen molar-refractivity contribution in [2.45, 2.75) is 58.0 Å². The first-order valence-corrected chi connectivity index (χ1v) is 7.22. The lowest BCUT2D eigenvalue weighted by Crippen LogP contribution is -2.45. The zero-order chi connectivity index (χ0) is 14.4. The molecule has 1 aliphatic rings. The first-order valence-electron chi connectivity index (χ1n) is 7.22. The highest BCUT2D eigenvalue weighted by atomic mass is 16.3. The van der Waals surface area contributed by atoms with Crippen LogP contribution in [0.15, 0.2) is 0 Å². The van der Waals surface area contributed by atoms with Crippen molar-refractivity contribution in [3.8, 4) is 0 Å². The van der Waals surface area contributed by atoms with Crippen LogP contribution in [0.1, 0.15) is 52.4 Å². The highest BCUT2D eigenvalue weighted by Gasteiger charge is 2.31. The molecule has 0 spiro atoms. The maximum Gasteiger partial charge on any atom is 0.314 e. The van der Waals surface area contributed by atoms with Gasteiger partial charge in [-0.15, -0.1) is 0 Å². The van der Waals surface area contributed by atoms with Gasteiger partial charge in [0.2, 0.25) is 0 Å². The Kier molecular flexibility index (Phi) is 6.07. The summed E-state index contributed by atoms with van der Waals surface area (Å²) in [6.45, 7) is 5.09. The molecule has 2 amide bonds. The van der Waals surface area contributed by atoms with Crippen molar-refractivity contribution in [2.75, 3.05) is 19.7 Å². The fourth-order valence-corrected chi connectivity index (χ4v) is 2.37. The standard InChI is InChI=1S/C14H28N2O3/c1-13(2,11-17)6-5-9-15-12(18)16-10-14(19)7-3-4-8-14/h17,19H,3-11H2,1-2H3,(H2,15,16,18). The van der Waals surface area contributed by atoms with Crippen molar-refractivity contribution >= 4 is 6.03 Å². The number of aliphatic hydroxyl groups excluding tert-OH is 1. The van der Waals surface area contributed by atoms with Gasteiger partial charge in [-0.05, 0) is 31.1 Å². The SMILES string of the molecule is CC(C)(CO)CCCNC(=O)NCC1(O)CCCC1. The molecule has 112 valence electrons. The predicted molar refractivity (Wildman–Crippen MR) is 74.9 cm³/mol. The molecule has 5 heteroatoms. The van der Waals surface area contributed by atoms with Crippen molar-refractivity contribution in [3.63, 3.8) is 0 Å². The highest BCUT2D eigenvalue weighted by molar-refractivity contribution is 5.73. The molecule has 1 saturated carbocycles. The molecule has 19 heavy (non-hydrogen) atoms. The van der Waals surface area contributed by atoms with E-state index >= 15 is 0 Å². The summed E-state index contributed by atoms with van der Waals surface area (Å²) in [6.07, 6.45) is 5.33. The maximum absolute atomic E-state index is 11.6. The molecule has 0 unspecified atom stereocenters. The average molecular weight is 272 g/mol. The van der Waals surface area contributed by atoms with Gasteiger partial charge in [0.15, 0.2) is 0 Å². The Bertz CT molecular complexity index is 286. The first kappa shape index (κ1) is 16.2. The number of hydrogen-bond acceptors (Lipinski definition) is 3. The molecule has 1 rings (SSSR count). The summed E-state index contributed by atoms with van der Waals surface area (Å²) < 4.78 is 0. The van der Waals surface area contributed by atoms with E-state index < -0.39 is 5.60 Å². The lowest BCUT2D eigenvalue weighted by atomic mass is 9.89. The Morgan fingerprint density at radius 2 is 1.89 bits per heavy atom. The molecular weight excluding hydrogens is 244 g/mol. The van der Waals surface area contributed by atoms with Crippen LogP contribution < -0.4 is 10.6 Å². The summed E-state index contributed by atoms with van der Waals surface area (Å²) in [7, 11) is 0. The smallest absolute Gasteiger partial charge is 0.314 e. The van der Waals surface area contributed by atoms with E-state index in [1.54, 1.807) is 0 Å². The van der Waals surface area contributed by atoms with Gasteiger partial charge < -0.3 is 20.8 Å². The molecule has 0 aliphatic heterocycles. The van der Waals surface area contributed by atoms with Crippen molar-refractivity contribution < 1.29 is 15.0 Å². The summed E-state index contributed by atoms with van der Waals surface area (Å²) >= 11 is 0. The van der Waals surface area contributed by atoms with Gasteiger partial charge >= 0.3 is 6.03 Å². The summed E-state index contributed by atoms with van der Waals surface area (Å²) in [5.41, 5.74) is -0.784. The Morgan fingerprint density at radius 3 is 2.47 bits per heavy atom. The van der Waals surface area contributed by atoms with Crippen LogP contribution in [0.4, 0.5) is 4.79 Å². The highest BCUT2D eigenvalue weighted by Crippen LogP contribution is 2.28. The second-order valence-electron chi connectivity index (χ2n) is 6.47.